The second-order valence-corrected chi connectivity index (χ2v) is 4.49. The van der Waals surface area contributed by atoms with Gasteiger partial charge in [0.05, 0.1) is 4.92 Å². The second kappa shape index (κ2) is 6.62. The average Bonchev–Trinajstić information content (AvgIpc) is 2.48. The molecule has 0 aliphatic rings. The molecule has 2 rings (SSSR count). The predicted molar refractivity (Wildman–Crippen MR) is 76.8 cm³/mol. The number of nitro groups is 1. The molecule has 0 aliphatic heterocycles. The molecule has 0 bridgehead atoms. The van der Waals surface area contributed by atoms with Crippen LogP contribution in [-0.4, -0.2) is 16.0 Å². The molecule has 2 aromatic carbocycles. The van der Waals surface area contributed by atoms with Crippen LogP contribution in [0.4, 0.5) is 5.69 Å². The normalized spacial score (nSPS) is 11.8. The molecule has 2 N–H and O–H groups in total. The van der Waals surface area contributed by atoms with Gasteiger partial charge < -0.3 is 5.11 Å². The lowest BCUT2D eigenvalue weighted by Gasteiger charge is -2.14. The summed E-state index contributed by atoms with van der Waals surface area (Å²) in [5.74, 6) is -1.03. The lowest BCUT2D eigenvalue weighted by molar-refractivity contribution is -0.384. The fourth-order valence-corrected chi connectivity index (χ4v) is 1.95. The van der Waals surface area contributed by atoms with Crippen molar-refractivity contribution in [3.63, 3.8) is 0 Å². The first kappa shape index (κ1) is 14.7. The standard InChI is InChI=1S/C15H14N2O4/c18-15(19)14(16-10-11-4-2-1-3-5-11)12-6-8-13(9-7-12)17(20)21/h1-9,14,16H,10H2,(H,18,19). The minimum absolute atomic E-state index is 0.0639. The topological polar surface area (TPSA) is 92.5 Å². The molecular formula is C15H14N2O4. The zero-order valence-corrected chi connectivity index (χ0v) is 11.1. The van der Waals surface area contributed by atoms with Gasteiger partial charge in [-0.15, -0.1) is 0 Å². The molecule has 0 spiro atoms. The molecule has 1 unspecified atom stereocenters. The van der Waals surface area contributed by atoms with E-state index in [1.54, 1.807) is 0 Å². The van der Waals surface area contributed by atoms with E-state index in [1.807, 2.05) is 30.3 Å². The Bertz CT molecular complexity index is 626. The third-order valence-electron chi connectivity index (χ3n) is 3.04. The number of hydrogen-bond donors (Lipinski definition) is 2. The summed E-state index contributed by atoms with van der Waals surface area (Å²) in [5.41, 5.74) is 1.38. The Balaban J connectivity index is 2.11. The molecule has 6 nitrogen and oxygen atoms in total. The van der Waals surface area contributed by atoms with E-state index >= 15 is 0 Å². The van der Waals surface area contributed by atoms with Gasteiger partial charge in [0.25, 0.3) is 5.69 Å². The number of nitro benzene ring substituents is 1. The molecule has 1 atom stereocenters. The van der Waals surface area contributed by atoms with Crippen LogP contribution in [0.3, 0.4) is 0 Å². The van der Waals surface area contributed by atoms with Gasteiger partial charge in [0.2, 0.25) is 0 Å². The first-order valence-electron chi connectivity index (χ1n) is 6.32. The highest BCUT2D eigenvalue weighted by atomic mass is 16.6. The molecule has 6 heteroatoms. The first-order chi connectivity index (χ1) is 10.1. The summed E-state index contributed by atoms with van der Waals surface area (Å²) in [7, 11) is 0. The van der Waals surface area contributed by atoms with E-state index < -0.39 is 16.9 Å². The average molecular weight is 286 g/mol. The van der Waals surface area contributed by atoms with E-state index in [0.29, 0.717) is 12.1 Å². The lowest BCUT2D eigenvalue weighted by Crippen LogP contribution is -2.28. The van der Waals surface area contributed by atoms with Crippen LogP contribution in [0.2, 0.25) is 0 Å². The number of rotatable bonds is 6. The van der Waals surface area contributed by atoms with Crippen molar-refractivity contribution in [3.8, 4) is 0 Å². The Kier molecular flexibility index (Phi) is 4.63. The van der Waals surface area contributed by atoms with E-state index in [4.69, 9.17) is 0 Å². The van der Waals surface area contributed by atoms with Crippen molar-refractivity contribution in [2.75, 3.05) is 0 Å². The van der Waals surface area contributed by atoms with Crippen molar-refractivity contribution < 1.29 is 14.8 Å². The summed E-state index contributed by atoms with van der Waals surface area (Å²) in [5, 5.41) is 22.8. The van der Waals surface area contributed by atoms with Crippen molar-refractivity contribution in [2.45, 2.75) is 12.6 Å². The molecule has 0 radical (unpaired) electrons. The molecule has 0 heterocycles. The third kappa shape index (κ3) is 3.87. The minimum atomic E-state index is -1.03. The number of carboxylic acid groups (broad SMARTS) is 1. The fourth-order valence-electron chi connectivity index (χ4n) is 1.95. The third-order valence-corrected chi connectivity index (χ3v) is 3.04. The maximum absolute atomic E-state index is 11.3. The molecule has 0 aliphatic carbocycles. The molecule has 0 aromatic heterocycles. The number of carbonyl (C=O) groups is 1. The lowest BCUT2D eigenvalue weighted by atomic mass is 10.1. The SMILES string of the molecule is O=C(O)C(NCc1ccccc1)c1ccc([N+](=O)[O-])cc1. The van der Waals surface area contributed by atoms with Crippen LogP contribution >= 0.6 is 0 Å². The Morgan fingerprint density at radius 3 is 2.29 bits per heavy atom. The van der Waals surface area contributed by atoms with E-state index in [1.165, 1.54) is 24.3 Å². The molecule has 108 valence electrons. The van der Waals surface area contributed by atoms with Crippen molar-refractivity contribution >= 4 is 11.7 Å². The highest BCUT2D eigenvalue weighted by Gasteiger charge is 2.19. The monoisotopic (exact) mass is 286 g/mol. The smallest absolute Gasteiger partial charge is 0.325 e. The zero-order valence-electron chi connectivity index (χ0n) is 11.1. The summed E-state index contributed by atoms with van der Waals surface area (Å²) in [6.45, 7) is 0.398. The first-order valence-corrected chi connectivity index (χ1v) is 6.32. The number of non-ortho nitro benzene ring substituents is 1. The molecule has 0 saturated heterocycles. The zero-order chi connectivity index (χ0) is 15.2. The Morgan fingerprint density at radius 1 is 1.14 bits per heavy atom. The van der Waals surface area contributed by atoms with Crippen LogP contribution < -0.4 is 5.32 Å². The van der Waals surface area contributed by atoms with E-state index in [0.717, 1.165) is 5.56 Å². The van der Waals surface area contributed by atoms with Gasteiger partial charge >= 0.3 is 5.97 Å². The van der Waals surface area contributed by atoms with Crippen molar-refractivity contribution in [3.05, 3.63) is 75.8 Å². The summed E-state index contributed by atoms with van der Waals surface area (Å²) in [4.78, 5) is 21.4. The molecule has 2 aromatic rings. The number of nitrogens with one attached hydrogen (secondary N) is 1. The maximum atomic E-state index is 11.3. The van der Waals surface area contributed by atoms with Gasteiger partial charge in [-0.25, -0.2) is 0 Å². The predicted octanol–water partition coefficient (Wildman–Crippen LogP) is 2.51. The largest absolute Gasteiger partial charge is 0.480 e. The number of carboxylic acids is 1. The van der Waals surface area contributed by atoms with Crippen LogP contribution in [-0.2, 0) is 11.3 Å². The minimum Gasteiger partial charge on any atom is -0.480 e. The molecule has 0 saturated carbocycles. The van der Waals surface area contributed by atoms with Gasteiger partial charge in [0.1, 0.15) is 6.04 Å². The second-order valence-electron chi connectivity index (χ2n) is 4.49. The molecular weight excluding hydrogens is 272 g/mol. The van der Waals surface area contributed by atoms with Crippen molar-refractivity contribution in [1.82, 2.24) is 5.32 Å². The summed E-state index contributed by atoms with van der Waals surface area (Å²) in [6.07, 6.45) is 0. The number of nitrogens with zero attached hydrogens (tertiary/aromatic N) is 1. The summed E-state index contributed by atoms with van der Waals surface area (Å²) in [6, 6.07) is 14.0. The Labute approximate surface area is 121 Å². The molecule has 21 heavy (non-hydrogen) atoms. The molecule has 0 amide bonds. The summed E-state index contributed by atoms with van der Waals surface area (Å²) >= 11 is 0. The fraction of sp³-hybridized carbons (Fsp3) is 0.133. The van der Waals surface area contributed by atoms with Gasteiger partial charge in [-0.05, 0) is 11.1 Å². The summed E-state index contributed by atoms with van der Waals surface area (Å²) < 4.78 is 0. The van der Waals surface area contributed by atoms with Gasteiger partial charge in [0, 0.05) is 18.7 Å². The van der Waals surface area contributed by atoms with Gasteiger partial charge in [0.15, 0.2) is 0 Å². The number of aliphatic carboxylic acids is 1. The molecule has 0 fully saturated rings. The van der Waals surface area contributed by atoms with E-state index in [2.05, 4.69) is 5.32 Å². The van der Waals surface area contributed by atoms with E-state index in [9.17, 15) is 20.0 Å². The van der Waals surface area contributed by atoms with E-state index in [-0.39, 0.29) is 5.69 Å². The highest BCUT2D eigenvalue weighted by Crippen LogP contribution is 2.18. The number of hydrogen-bond acceptors (Lipinski definition) is 4. The van der Waals surface area contributed by atoms with Gasteiger partial charge in [-0.1, -0.05) is 42.5 Å². The Hall–Kier alpha value is -2.73. The van der Waals surface area contributed by atoms with Gasteiger partial charge in [-0.2, -0.15) is 0 Å². The van der Waals surface area contributed by atoms with Crippen LogP contribution in [0.15, 0.2) is 54.6 Å². The van der Waals surface area contributed by atoms with Crippen LogP contribution in [0, 0.1) is 10.1 Å². The van der Waals surface area contributed by atoms with Crippen LogP contribution in [0.1, 0.15) is 17.2 Å². The maximum Gasteiger partial charge on any atom is 0.325 e. The van der Waals surface area contributed by atoms with Crippen LogP contribution in [0.5, 0.6) is 0 Å². The highest BCUT2D eigenvalue weighted by molar-refractivity contribution is 5.75. The van der Waals surface area contributed by atoms with Gasteiger partial charge in [-0.3, -0.25) is 20.2 Å². The van der Waals surface area contributed by atoms with Crippen LogP contribution in [0.25, 0.3) is 0 Å². The van der Waals surface area contributed by atoms with Crippen molar-refractivity contribution in [2.24, 2.45) is 0 Å². The Morgan fingerprint density at radius 2 is 1.76 bits per heavy atom. The number of benzene rings is 2. The quantitative estimate of drug-likeness (QED) is 0.628. The van der Waals surface area contributed by atoms with Crippen molar-refractivity contribution in [1.29, 1.82) is 0 Å².